The van der Waals surface area contributed by atoms with Crippen molar-refractivity contribution >= 4 is 11.9 Å². The number of ether oxygens (including phenoxy) is 2. The Bertz CT molecular complexity index is 1080. The zero-order valence-corrected chi connectivity index (χ0v) is 17.9. The van der Waals surface area contributed by atoms with Gasteiger partial charge in [0.15, 0.2) is 11.5 Å². The maximum atomic E-state index is 12.9. The number of hydrogen-bond donors (Lipinski definition) is 0. The van der Waals surface area contributed by atoms with Gasteiger partial charge in [-0.25, -0.2) is 9.59 Å². The highest BCUT2D eigenvalue weighted by molar-refractivity contribution is 5.93. The number of hydrogen-bond acceptors (Lipinski definition) is 4. The van der Waals surface area contributed by atoms with Crippen LogP contribution in [0.1, 0.15) is 69.0 Å². The number of carbonyl (C=O) groups excluding carboxylic acids is 2. The first-order valence-electron chi connectivity index (χ1n) is 10.7. The molecule has 4 heteroatoms. The van der Waals surface area contributed by atoms with Crippen molar-refractivity contribution in [3.63, 3.8) is 0 Å². The average molecular weight is 415 g/mol. The Labute approximate surface area is 182 Å². The van der Waals surface area contributed by atoms with Crippen LogP contribution in [0.4, 0.5) is 0 Å². The van der Waals surface area contributed by atoms with Gasteiger partial charge in [0.25, 0.3) is 0 Å². The normalized spacial score (nSPS) is 13.7. The minimum Gasteiger partial charge on any atom is -0.419 e. The van der Waals surface area contributed by atoms with Crippen LogP contribution >= 0.6 is 0 Å². The first-order valence-corrected chi connectivity index (χ1v) is 10.7. The second-order valence-corrected chi connectivity index (χ2v) is 8.06. The molecule has 0 N–H and O–H groups in total. The fourth-order valence-electron chi connectivity index (χ4n) is 4.25. The van der Waals surface area contributed by atoms with Crippen molar-refractivity contribution in [2.75, 3.05) is 0 Å². The van der Waals surface area contributed by atoms with Crippen LogP contribution in [0.2, 0.25) is 0 Å². The van der Waals surface area contributed by atoms with E-state index < -0.39 is 11.9 Å². The molecule has 0 heterocycles. The first-order chi connectivity index (χ1) is 15.0. The van der Waals surface area contributed by atoms with Gasteiger partial charge in [0, 0.05) is 0 Å². The number of benzene rings is 3. The van der Waals surface area contributed by atoms with Crippen molar-refractivity contribution in [1.29, 1.82) is 0 Å². The Balaban J connectivity index is 1.74. The van der Waals surface area contributed by atoms with Crippen LogP contribution in [0.15, 0.2) is 66.7 Å². The van der Waals surface area contributed by atoms with E-state index in [9.17, 15) is 9.59 Å². The van der Waals surface area contributed by atoms with Crippen LogP contribution in [0.5, 0.6) is 11.5 Å². The Kier molecular flexibility index (Phi) is 6.17. The van der Waals surface area contributed by atoms with Crippen molar-refractivity contribution in [2.24, 2.45) is 0 Å². The maximum absolute atomic E-state index is 12.9. The van der Waals surface area contributed by atoms with Crippen molar-refractivity contribution in [2.45, 2.75) is 45.4 Å². The summed E-state index contributed by atoms with van der Waals surface area (Å²) in [6, 6.07) is 19.7. The van der Waals surface area contributed by atoms with E-state index in [4.69, 9.17) is 9.47 Å². The minimum absolute atomic E-state index is 0.303. The molecule has 0 radical (unpaired) electrons. The smallest absolute Gasteiger partial charge is 0.343 e. The van der Waals surface area contributed by atoms with Gasteiger partial charge in [0.05, 0.1) is 11.1 Å². The monoisotopic (exact) mass is 414 g/mol. The van der Waals surface area contributed by atoms with Crippen LogP contribution in [0, 0.1) is 13.8 Å². The molecule has 31 heavy (non-hydrogen) atoms. The van der Waals surface area contributed by atoms with E-state index >= 15 is 0 Å². The van der Waals surface area contributed by atoms with Crippen LogP contribution in [-0.2, 0) is 0 Å². The highest BCUT2D eigenvalue weighted by Crippen LogP contribution is 2.44. The summed E-state index contributed by atoms with van der Waals surface area (Å²) in [7, 11) is 0. The molecule has 4 rings (SSSR count). The molecule has 1 saturated carbocycles. The molecular weight excluding hydrogens is 388 g/mol. The lowest BCUT2D eigenvalue weighted by Gasteiger charge is -2.21. The lowest BCUT2D eigenvalue weighted by Crippen LogP contribution is -2.15. The van der Waals surface area contributed by atoms with E-state index in [-0.39, 0.29) is 0 Å². The summed E-state index contributed by atoms with van der Waals surface area (Å²) in [5.74, 6) is 0.126. The third-order valence-electron chi connectivity index (χ3n) is 5.91. The molecule has 0 aromatic heterocycles. The molecule has 0 spiro atoms. The Morgan fingerprint density at radius 3 is 1.74 bits per heavy atom. The van der Waals surface area contributed by atoms with Crippen molar-refractivity contribution in [3.05, 3.63) is 94.5 Å². The van der Waals surface area contributed by atoms with E-state index in [1.165, 1.54) is 18.4 Å². The van der Waals surface area contributed by atoms with Gasteiger partial charge in [0.2, 0.25) is 0 Å². The Morgan fingerprint density at radius 1 is 0.742 bits per heavy atom. The summed E-state index contributed by atoms with van der Waals surface area (Å²) >= 11 is 0. The van der Waals surface area contributed by atoms with Crippen molar-refractivity contribution in [3.8, 4) is 11.5 Å². The second-order valence-electron chi connectivity index (χ2n) is 8.06. The summed E-state index contributed by atoms with van der Waals surface area (Å²) in [5, 5.41) is 0. The number of aryl methyl sites for hydroxylation is 1. The zero-order chi connectivity index (χ0) is 21.8. The molecule has 0 atom stereocenters. The van der Waals surface area contributed by atoms with Crippen LogP contribution in [0.25, 0.3) is 0 Å². The summed E-state index contributed by atoms with van der Waals surface area (Å²) < 4.78 is 11.6. The van der Waals surface area contributed by atoms with E-state index in [2.05, 4.69) is 6.07 Å². The van der Waals surface area contributed by atoms with Crippen LogP contribution in [-0.4, -0.2) is 11.9 Å². The lowest BCUT2D eigenvalue weighted by molar-refractivity contribution is 0.0680. The van der Waals surface area contributed by atoms with Gasteiger partial charge in [-0.1, -0.05) is 55.3 Å². The lowest BCUT2D eigenvalue weighted by atomic mass is 9.91. The van der Waals surface area contributed by atoms with Crippen molar-refractivity contribution in [1.82, 2.24) is 0 Å². The van der Waals surface area contributed by atoms with Gasteiger partial charge in [-0.3, -0.25) is 0 Å². The maximum Gasteiger partial charge on any atom is 0.343 e. The predicted octanol–water partition coefficient (Wildman–Crippen LogP) is 6.40. The summed E-state index contributed by atoms with van der Waals surface area (Å²) in [4.78, 5) is 25.6. The van der Waals surface area contributed by atoms with E-state index in [1.807, 2.05) is 26.0 Å². The van der Waals surface area contributed by atoms with Gasteiger partial charge >= 0.3 is 11.9 Å². The average Bonchev–Trinajstić information content (AvgIpc) is 3.34. The summed E-state index contributed by atoms with van der Waals surface area (Å²) in [6.45, 7) is 3.84. The van der Waals surface area contributed by atoms with Crippen LogP contribution < -0.4 is 9.47 Å². The summed E-state index contributed by atoms with van der Waals surface area (Å²) in [6.07, 6.45) is 4.64. The van der Waals surface area contributed by atoms with Gasteiger partial charge < -0.3 is 9.47 Å². The Hall–Kier alpha value is -3.40. The fourth-order valence-corrected chi connectivity index (χ4v) is 4.25. The molecule has 1 aliphatic carbocycles. The quantitative estimate of drug-likeness (QED) is 0.358. The molecule has 1 fully saturated rings. The zero-order valence-electron chi connectivity index (χ0n) is 17.9. The first kappa shape index (κ1) is 20.9. The van der Waals surface area contributed by atoms with Crippen LogP contribution in [0.3, 0.4) is 0 Å². The van der Waals surface area contributed by atoms with Gasteiger partial charge in [-0.2, -0.15) is 0 Å². The molecular formula is C27H26O4. The molecule has 1 aliphatic rings. The summed E-state index contributed by atoms with van der Waals surface area (Å²) in [5.41, 5.74) is 3.71. The SMILES string of the molecule is Cc1cc(C2CCCC2)c(C)c(OC(=O)c2ccccc2)c1OC(=O)c1ccccc1. The largest absolute Gasteiger partial charge is 0.419 e. The number of rotatable bonds is 5. The fraction of sp³-hybridized carbons (Fsp3) is 0.259. The molecule has 3 aromatic rings. The molecule has 3 aromatic carbocycles. The van der Waals surface area contributed by atoms with E-state index in [0.717, 1.165) is 24.0 Å². The number of esters is 2. The third-order valence-corrected chi connectivity index (χ3v) is 5.91. The second kappa shape index (κ2) is 9.17. The van der Waals surface area contributed by atoms with Crippen molar-refractivity contribution < 1.29 is 19.1 Å². The molecule has 0 bridgehead atoms. The molecule has 158 valence electrons. The number of carbonyl (C=O) groups is 2. The van der Waals surface area contributed by atoms with Gasteiger partial charge in [0.1, 0.15) is 0 Å². The van der Waals surface area contributed by atoms with E-state index in [0.29, 0.717) is 28.5 Å². The highest BCUT2D eigenvalue weighted by Gasteiger charge is 2.27. The third kappa shape index (κ3) is 4.53. The standard InChI is InChI=1S/C27H26O4/c1-18-17-23(20-11-9-10-12-20)19(2)25(31-27(29)22-15-7-4-8-16-22)24(18)30-26(28)21-13-5-3-6-14-21/h3-8,13-17,20H,9-12H2,1-2H3. The Morgan fingerprint density at radius 2 is 1.23 bits per heavy atom. The van der Waals surface area contributed by atoms with Gasteiger partial charge in [-0.15, -0.1) is 0 Å². The molecule has 4 nitrogen and oxygen atoms in total. The highest BCUT2D eigenvalue weighted by atomic mass is 16.6. The van der Waals surface area contributed by atoms with Gasteiger partial charge in [-0.05, 0) is 73.6 Å². The molecule has 0 amide bonds. The van der Waals surface area contributed by atoms with E-state index in [1.54, 1.807) is 48.5 Å². The molecule has 0 aliphatic heterocycles. The molecule has 0 unspecified atom stereocenters. The topological polar surface area (TPSA) is 52.6 Å². The molecule has 0 saturated heterocycles. The minimum atomic E-state index is -0.478. The predicted molar refractivity (Wildman–Crippen MR) is 120 cm³/mol.